The highest BCUT2D eigenvalue weighted by Gasteiger charge is 2.17. The lowest BCUT2D eigenvalue weighted by Gasteiger charge is -2.11. The fraction of sp³-hybridized carbons (Fsp3) is 0.133. The Morgan fingerprint density at radius 2 is 1.96 bits per heavy atom. The minimum Gasteiger partial charge on any atom is -0.495 e. The lowest BCUT2D eigenvalue weighted by molar-refractivity contribution is 0.102. The number of hydrogen-bond donors (Lipinski definition) is 2. The molecule has 0 heterocycles. The number of carbonyl (C=O) groups is 1. The van der Waals surface area contributed by atoms with Gasteiger partial charge in [-0.05, 0) is 42.7 Å². The summed E-state index contributed by atoms with van der Waals surface area (Å²) in [5.74, 6) is -0.362. The fourth-order valence-corrected chi connectivity index (χ4v) is 3.35. The van der Waals surface area contributed by atoms with Crippen LogP contribution in [-0.2, 0) is 10.0 Å². The molecule has 2 rings (SSSR count). The Labute approximate surface area is 149 Å². The van der Waals surface area contributed by atoms with Crippen molar-refractivity contribution in [1.82, 2.24) is 0 Å². The number of nitrogens with two attached hydrogens (primary N) is 1. The van der Waals surface area contributed by atoms with Gasteiger partial charge in [0, 0.05) is 10.6 Å². The molecule has 0 aliphatic carbocycles. The van der Waals surface area contributed by atoms with Crippen molar-refractivity contribution >= 4 is 45.0 Å². The number of amides is 1. The molecule has 0 aromatic heterocycles. The molecular formula is C15H15ClN2O4S2. The van der Waals surface area contributed by atoms with E-state index in [0.29, 0.717) is 5.02 Å². The van der Waals surface area contributed by atoms with Crippen molar-refractivity contribution in [3.05, 3.63) is 47.0 Å². The summed E-state index contributed by atoms with van der Waals surface area (Å²) in [5, 5.41) is 8.06. The minimum atomic E-state index is -3.99. The Balaban J connectivity index is 2.36. The predicted octanol–water partition coefficient (Wildman–Crippen LogP) is 2.97. The zero-order valence-electron chi connectivity index (χ0n) is 12.9. The number of anilines is 1. The Hall–Kier alpha value is -1.74. The maximum absolute atomic E-state index is 12.4. The molecule has 0 fully saturated rings. The second-order valence-corrected chi connectivity index (χ2v) is 7.53. The van der Waals surface area contributed by atoms with Crippen LogP contribution in [0.2, 0.25) is 5.02 Å². The molecule has 1 amide bonds. The fourth-order valence-electron chi connectivity index (χ4n) is 1.98. The average Bonchev–Trinajstić information content (AvgIpc) is 2.54. The number of thioether (sulfide) groups is 1. The van der Waals surface area contributed by atoms with Gasteiger partial charge < -0.3 is 10.1 Å². The summed E-state index contributed by atoms with van der Waals surface area (Å²) >= 11 is 7.53. The molecule has 24 heavy (non-hydrogen) atoms. The van der Waals surface area contributed by atoms with Crippen LogP contribution in [0.25, 0.3) is 0 Å². The topological polar surface area (TPSA) is 98.5 Å². The van der Waals surface area contributed by atoms with Crippen molar-refractivity contribution in [3.8, 4) is 5.75 Å². The lowest BCUT2D eigenvalue weighted by atomic mass is 10.2. The summed E-state index contributed by atoms with van der Waals surface area (Å²) in [7, 11) is -2.66. The summed E-state index contributed by atoms with van der Waals surface area (Å²) in [6.45, 7) is 0. The zero-order chi connectivity index (χ0) is 17.9. The van der Waals surface area contributed by atoms with Crippen LogP contribution in [-0.4, -0.2) is 27.7 Å². The number of halogens is 1. The molecule has 0 aliphatic heterocycles. The third kappa shape index (κ3) is 4.21. The van der Waals surface area contributed by atoms with Crippen LogP contribution in [0.1, 0.15) is 10.4 Å². The quantitative estimate of drug-likeness (QED) is 0.769. The third-order valence-corrected chi connectivity index (χ3v) is 5.13. The van der Waals surface area contributed by atoms with Crippen LogP contribution in [0.15, 0.2) is 46.2 Å². The molecule has 2 aromatic rings. The summed E-state index contributed by atoms with van der Waals surface area (Å²) in [6.07, 6.45) is 1.88. The van der Waals surface area contributed by atoms with Gasteiger partial charge in [0.25, 0.3) is 5.91 Å². The maximum Gasteiger partial charge on any atom is 0.257 e. The molecule has 2 aromatic carbocycles. The van der Waals surface area contributed by atoms with Crippen LogP contribution in [0, 0.1) is 0 Å². The molecule has 0 spiro atoms. The molecule has 0 bridgehead atoms. The van der Waals surface area contributed by atoms with E-state index >= 15 is 0 Å². The van der Waals surface area contributed by atoms with Gasteiger partial charge in [-0.1, -0.05) is 11.6 Å². The van der Waals surface area contributed by atoms with E-state index in [1.807, 2.05) is 6.26 Å². The third-order valence-electron chi connectivity index (χ3n) is 3.15. The molecule has 0 radical (unpaired) electrons. The molecule has 9 heteroatoms. The Bertz CT molecular complexity index is 885. The van der Waals surface area contributed by atoms with Crippen LogP contribution < -0.4 is 15.2 Å². The predicted molar refractivity (Wildman–Crippen MR) is 95.6 cm³/mol. The number of methoxy groups -OCH3 is 1. The van der Waals surface area contributed by atoms with E-state index in [-0.39, 0.29) is 21.9 Å². The largest absolute Gasteiger partial charge is 0.495 e. The van der Waals surface area contributed by atoms with Gasteiger partial charge >= 0.3 is 0 Å². The van der Waals surface area contributed by atoms with Crippen molar-refractivity contribution in [3.63, 3.8) is 0 Å². The van der Waals surface area contributed by atoms with E-state index in [2.05, 4.69) is 5.32 Å². The van der Waals surface area contributed by atoms with Crippen LogP contribution in [0.5, 0.6) is 5.75 Å². The van der Waals surface area contributed by atoms with E-state index in [9.17, 15) is 13.2 Å². The van der Waals surface area contributed by atoms with Crippen molar-refractivity contribution in [2.24, 2.45) is 5.14 Å². The second kappa shape index (κ2) is 7.43. The summed E-state index contributed by atoms with van der Waals surface area (Å²) < 4.78 is 28.2. The number of carbonyl (C=O) groups excluding carboxylic acids is 1. The number of ether oxygens (including phenoxy) is 1. The van der Waals surface area contributed by atoms with Crippen molar-refractivity contribution in [2.45, 2.75) is 9.79 Å². The van der Waals surface area contributed by atoms with Gasteiger partial charge in [-0.2, -0.15) is 0 Å². The molecule has 3 N–H and O–H groups in total. The van der Waals surface area contributed by atoms with Gasteiger partial charge in [0.1, 0.15) is 10.6 Å². The second-order valence-electron chi connectivity index (χ2n) is 4.71. The highest BCUT2D eigenvalue weighted by atomic mass is 35.5. The molecule has 0 atom stereocenters. The van der Waals surface area contributed by atoms with Gasteiger partial charge in [-0.15, -0.1) is 11.8 Å². The summed E-state index contributed by atoms with van der Waals surface area (Å²) in [4.78, 5) is 13.1. The number of rotatable bonds is 5. The minimum absolute atomic E-state index is 0.0953. The van der Waals surface area contributed by atoms with E-state index in [1.165, 1.54) is 37.1 Å². The molecular weight excluding hydrogens is 372 g/mol. The van der Waals surface area contributed by atoms with Crippen LogP contribution in [0.4, 0.5) is 5.69 Å². The lowest BCUT2D eigenvalue weighted by Crippen LogP contribution is -2.16. The normalized spacial score (nSPS) is 11.2. The van der Waals surface area contributed by atoms with Crippen molar-refractivity contribution in [2.75, 3.05) is 18.7 Å². The van der Waals surface area contributed by atoms with Crippen LogP contribution >= 0.6 is 23.4 Å². The van der Waals surface area contributed by atoms with Gasteiger partial charge in [0.2, 0.25) is 10.0 Å². The van der Waals surface area contributed by atoms with E-state index in [4.69, 9.17) is 21.5 Å². The Morgan fingerprint density at radius 1 is 1.25 bits per heavy atom. The van der Waals surface area contributed by atoms with Crippen molar-refractivity contribution < 1.29 is 17.9 Å². The molecule has 0 unspecified atom stereocenters. The maximum atomic E-state index is 12.4. The van der Waals surface area contributed by atoms with Gasteiger partial charge in [-0.3, -0.25) is 4.79 Å². The smallest absolute Gasteiger partial charge is 0.257 e. The number of hydrogen-bond acceptors (Lipinski definition) is 5. The summed E-state index contributed by atoms with van der Waals surface area (Å²) in [5.41, 5.74) is 0.548. The standard InChI is InChI=1S/C15H15ClN2O4S2/c1-22-13-6-3-9(7-14(13)24(17,20)21)18-15(19)11-8-10(23-2)4-5-12(11)16/h3-8H,1-2H3,(H,18,19)(H2,17,20,21). The molecule has 0 saturated carbocycles. The first-order valence-corrected chi connectivity index (χ1v) is 9.77. The highest BCUT2D eigenvalue weighted by Crippen LogP contribution is 2.28. The average molecular weight is 387 g/mol. The number of benzene rings is 2. The summed E-state index contributed by atoms with van der Waals surface area (Å²) in [6, 6.07) is 9.25. The molecule has 128 valence electrons. The van der Waals surface area contributed by atoms with Crippen LogP contribution in [0.3, 0.4) is 0 Å². The van der Waals surface area contributed by atoms with Gasteiger partial charge in [0.05, 0.1) is 17.7 Å². The monoisotopic (exact) mass is 386 g/mol. The molecule has 0 saturated heterocycles. The van der Waals surface area contributed by atoms with E-state index in [1.54, 1.807) is 18.2 Å². The highest BCUT2D eigenvalue weighted by molar-refractivity contribution is 7.98. The molecule has 6 nitrogen and oxygen atoms in total. The molecule has 0 aliphatic rings. The number of nitrogens with one attached hydrogen (secondary N) is 1. The first kappa shape index (κ1) is 18.6. The van der Waals surface area contributed by atoms with E-state index in [0.717, 1.165) is 4.90 Å². The van der Waals surface area contributed by atoms with Crippen molar-refractivity contribution in [1.29, 1.82) is 0 Å². The first-order chi connectivity index (χ1) is 11.3. The Morgan fingerprint density at radius 3 is 2.54 bits per heavy atom. The number of sulfonamides is 1. The van der Waals surface area contributed by atoms with Gasteiger partial charge in [0.15, 0.2) is 0 Å². The van der Waals surface area contributed by atoms with Gasteiger partial charge in [-0.25, -0.2) is 13.6 Å². The zero-order valence-corrected chi connectivity index (χ0v) is 15.3. The van der Waals surface area contributed by atoms with E-state index < -0.39 is 15.9 Å². The SMILES string of the molecule is COc1ccc(NC(=O)c2cc(SC)ccc2Cl)cc1S(N)(=O)=O. The Kier molecular flexibility index (Phi) is 5.76. The first-order valence-electron chi connectivity index (χ1n) is 6.62. The number of primary sulfonamides is 1.